The van der Waals surface area contributed by atoms with Crippen LogP contribution in [0.2, 0.25) is 0 Å². The van der Waals surface area contributed by atoms with Crippen LogP contribution in [0, 0.1) is 0 Å². The summed E-state index contributed by atoms with van der Waals surface area (Å²) < 4.78 is 16.5. The van der Waals surface area contributed by atoms with Gasteiger partial charge >= 0.3 is 0 Å². The number of ether oxygens (including phenoxy) is 3. The Morgan fingerprint density at radius 2 is 2.11 bits per heavy atom. The molecule has 1 heterocycles. The molecule has 0 aromatic heterocycles. The average Bonchev–Trinajstić information content (AvgIpc) is 3.14. The summed E-state index contributed by atoms with van der Waals surface area (Å²) in [5.74, 6) is 2.33. The van der Waals surface area contributed by atoms with Gasteiger partial charge in [-0.15, -0.1) is 0 Å². The first kappa shape index (κ1) is 12.6. The first-order valence-electron chi connectivity index (χ1n) is 6.41. The highest BCUT2D eigenvalue weighted by molar-refractivity contribution is 6.25. The van der Waals surface area contributed by atoms with Crippen LogP contribution in [0.3, 0.4) is 0 Å². The Morgan fingerprint density at radius 1 is 1.32 bits per heavy atom. The van der Waals surface area contributed by atoms with Crippen molar-refractivity contribution >= 4 is 11.6 Å². The lowest BCUT2D eigenvalue weighted by molar-refractivity contribution is 0.174. The first-order valence-corrected chi connectivity index (χ1v) is 6.84. The van der Waals surface area contributed by atoms with E-state index in [0.29, 0.717) is 12.6 Å². The number of halogens is 1. The van der Waals surface area contributed by atoms with Crippen LogP contribution < -0.4 is 19.5 Å². The molecule has 0 atom stereocenters. The van der Waals surface area contributed by atoms with Crippen LogP contribution in [-0.4, -0.2) is 19.4 Å². The first-order chi connectivity index (χ1) is 9.36. The molecule has 1 saturated carbocycles. The number of rotatable bonds is 6. The quantitative estimate of drug-likeness (QED) is 0.870. The lowest BCUT2D eigenvalue weighted by atomic mass is 10.1. The minimum atomic E-state index is 0.274. The van der Waals surface area contributed by atoms with Crippen LogP contribution in [0.25, 0.3) is 0 Å². The van der Waals surface area contributed by atoms with Gasteiger partial charge in [-0.05, 0) is 25.0 Å². The van der Waals surface area contributed by atoms with E-state index >= 15 is 0 Å². The summed E-state index contributed by atoms with van der Waals surface area (Å²) >= 11 is 5.49. The molecule has 1 aliphatic carbocycles. The molecule has 0 amide bonds. The topological polar surface area (TPSA) is 39.7 Å². The number of fused-ring (bicyclic) bond motifs is 1. The summed E-state index contributed by atoms with van der Waals surface area (Å²) in [6, 6.07) is 4.52. The average molecular weight is 282 g/mol. The van der Waals surface area contributed by atoms with Crippen molar-refractivity contribution in [2.24, 2.45) is 0 Å². The van der Waals surface area contributed by atoms with Gasteiger partial charge in [-0.3, -0.25) is 0 Å². The lowest BCUT2D eigenvalue weighted by Gasteiger charge is -2.12. The van der Waals surface area contributed by atoms with Crippen molar-refractivity contribution in [1.82, 2.24) is 5.32 Å². The van der Waals surface area contributed by atoms with E-state index in [1.807, 2.05) is 12.1 Å². The molecule has 2 aliphatic rings. The van der Waals surface area contributed by atoms with Gasteiger partial charge < -0.3 is 19.5 Å². The lowest BCUT2D eigenvalue weighted by Crippen LogP contribution is -2.16. The summed E-state index contributed by atoms with van der Waals surface area (Å²) in [4.78, 5) is 0. The van der Waals surface area contributed by atoms with Crippen LogP contribution in [0.4, 0.5) is 0 Å². The third kappa shape index (κ3) is 3.14. The third-order valence-electron chi connectivity index (χ3n) is 3.14. The van der Waals surface area contributed by atoms with Crippen LogP contribution >= 0.6 is 11.6 Å². The van der Waals surface area contributed by atoms with E-state index in [4.69, 9.17) is 25.8 Å². The van der Waals surface area contributed by atoms with Gasteiger partial charge in [0.15, 0.2) is 11.5 Å². The standard InChI is InChI=1S/C14H16ClNO3/c15-4-1-5-17-12-7-14-13(18-9-19-14)6-10(12)8-16-11-2-3-11/h1,4,6-7,11,16H,2-3,5,8-9H2. The molecule has 0 saturated heterocycles. The Balaban J connectivity index is 1.76. The minimum Gasteiger partial charge on any atom is -0.489 e. The van der Waals surface area contributed by atoms with E-state index in [-0.39, 0.29) is 6.79 Å². The largest absolute Gasteiger partial charge is 0.489 e. The molecule has 102 valence electrons. The van der Waals surface area contributed by atoms with E-state index in [0.717, 1.165) is 29.4 Å². The maximum absolute atomic E-state index is 5.71. The molecule has 0 bridgehead atoms. The predicted molar refractivity (Wildman–Crippen MR) is 72.9 cm³/mol. The zero-order valence-corrected chi connectivity index (χ0v) is 11.3. The number of nitrogens with one attached hydrogen (secondary N) is 1. The Hall–Kier alpha value is -1.39. The molecule has 3 rings (SSSR count). The van der Waals surface area contributed by atoms with Crippen molar-refractivity contribution < 1.29 is 14.2 Å². The normalized spacial score (nSPS) is 17.1. The fraction of sp³-hybridized carbons (Fsp3) is 0.429. The molecule has 1 N–H and O–H groups in total. The molecule has 5 heteroatoms. The molecule has 1 aliphatic heterocycles. The van der Waals surface area contributed by atoms with Gasteiger partial charge in [-0.2, -0.15) is 0 Å². The van der Waals surface area contributed by atoms with Gasteiger partial charge in [0.2, 0.25) is 6.79 Å². The second-order valence-electron chi connectivity index (χ2n) is 4.64. The van der Waals surface area contributed by atoms with Gasteiger partial charge in [0, 0.05) is 29.8 Å². The second-order valence-corrected chi connectivity index (χ2v) is 4.89. The van der Waals surface area contributed by atoms with Crippen LogP contribution in [0.1, 0.15) is 18.4 Å². The van der Waals surface area contributed by atoms with E-state index in [2.05, 4.69) is 5.32 Å². The zero-order chi connectivity index (χ0) is 13.1. The molecule has 1 aromatic carbocycles. The maximum atomic E-state index is 5.71. The summed E-state index contributed by atoms with van der Waals surface area (Å²) in [5.41, 5.74) is 2.54. The summed E-state index contributed by atoms with van der Waals surface area (Å²) in [6.07, 6.45) is 4.27. The number of hydrogen-bond donors (Lipinski definition) is 1. The van der Waals surface area contributed by atoms with E-state index < -0.39 is 0 Å². The molecule has 1 aromatic rings. The Morgan fingerprint density at radius 3 is 2.84 bits per heavy atom. The maximum Gasteiger partial charge on any atom is 0.231 e. The third-order valence-corrected chi connectivity index (χ3v) is 3.32. The van der Waals surface area contributed by atoms with Crippen LogP contribution in [0.5, 0.6) is 17.2 Å². The van der Waals surface area contributed by atoms with Gasteiger partial charge in [-0.25, -0.2) is 0 Å². The summed E-state index contributed by atoms with van der Waals surface area (Å²) in [6.45, 7) is 1.50. The van der Waals surface area contributed by atoms with E-state index in [1.54, 1.807) is 6.08 Å². The summed E-state index contributed by atoms with van der Waals surface area (Å²) in [5, 5.41) is 3.47. The van der Waals surface area contributed by atoms with Crippen molar-refractivity contribution in [1.29, 1.82) is 0 Å². The van der Waals surface area contributed by atoms with Crippen molar-refractivity contribution in [3.63, 3.8) is 0 Å². The van der Waals surface area contributed by atoms with Gasteiger partial charge in [0.1, 0.15) is 12.4 Å². The fourth-order valence-corrected chi connectivity index (χ4v) is 2.03. The van der Waals surface area contributed by atoms with Crippen molar-refractivity contribution in [3.05, 3.63) is 29.3 Å². The molecular formula is C14H16ClNO3. The second kappa shape index (κ2) is 5.72. The van der Waals surface area contributed by atoms with Crippen LogP contribution in [0.15, 0.2) is 23.7 Å². The molecular weight excluding hydrogens is 266 g/mol. The van der Waals surface area contributed by atoms with E-state index in [9.17, 15) is 0 Å². The smallest absolute Gasteiger partial charge is 0.231 e. The van der Waals surface area contributed by atoms with Gasteiger partial charge in [-0.1, -0.05) is 11.6 Å². The van der Waals surface area contributed by atoms with Crippen molar-refractivity contribution in [2.45, 2.75) is 25.4 Å². The molecule has 19 heavy (non-hydrogen) atoms. The Bertz CT molecular complexity index is 486. The highest BCUT2D eigenvalue weighted by Gasteiger charge is 2.22. The predicted octanol–water partition coefficient (Wildman–Crippen LogP) is 2.80. The monoisotopic (exact) mass is 281 g/mol. The van der Waals surface area contributed by atoms with Crippen LogP contribution in [-0.2, 0) is 6.54 Å². The molecule has 0 radical (unpaired) electrons. The molecule has 1 fully saturated rings. The number of hydrogen-bond acceptors (Lipinski definition) is 4. The Labute approximate surface area is 117 Å². The van der Waals surface area contributed by atoms with E-state index in [1.165, 1.54) is 18.4 Å². The summed E-state index contributed by atoms with van der Waals surface area (Å²) in [7, 11) is 0. The van der Waals surface area contributed by atoms with Gasteiger partial charge in [0.05, 0.1) is 0 Å². The highest BCUT2D eigenvalue weighted by Crippen LogP contribution is 2.38. The van der Waals surface area contributed by atoms with Crippen molar-refractivity contribution in [2.75, 3.05) is 13.4 Å². The van der Waals surface area contributed by atoms with Gasteiger partial charge in [0.25, 0.3) is 0 Å². The zero-order valence-electron chi connectivity index (χ0n) is 10.5. The number of benzene rings is 1. The van der Waals surface area contributed by atoms with Crippen molar-refractivity contribution in [3.8, 4) is 17.2 Å². The fourth-order valence-electron chi connectivity index (χ4n) is 1.95. The molecule has 0 spiro atoms. The highest BCUT2D eigenvalue weighted by atomic mass is 35.5. The SMILES string of the molecule is ClC=CCOc1cc2c(cc1CNC1CC1)OCO2. The molecule has 0 unspecified atom stereocenters. The molecule has 4 nitrogen and oxygen atoms in total. The Kier molecular flexibility index (Phi) is 3.80. The minimum absolute atomic E-state index is 0.274.